The normalized spacial score (nSPS) is 13.8. The molecule has 18 heavy (non-hydrogen) atoms. The lowest BCUT2D eigenvalue weighted by atomic mass is 10.1. The minimum atomic E-state index is 0.868. The highest BCUT2D eigenvalue weighted by Gasteiger charge is 2.15. The average Bonchev–Trinajstić information content (AvgIpc) is 2.97. The van der Waals surface area contributed by atoms with Gasteiger partial charge in [0, 0.05) is 42.9 Å². The van der Waals surface area contributed by atoms with E-state index in [-0.39, 0.29) is 0 Å². The van der Waals surface area contributed by atoms with Gasteiger partial charge in [0.15, 0.2) is 0 Å². The minimum absolute atomic E-state index is 0.868. The number of hydrogen-bond donors (Lipinski definition) is 1. The molecule has 5 heteroatoms. The monoisotopic (exact) mass is 260 g/mol. The van der Waals surface area contributed by atoms with Gasteiger partial charge in [-0.15, -0.1) is 0 Å². The lowest BCUT2D eigenvalue weighted by molar-refractivity contribution is 0.956. The summed E-state index contributed by atoms with van der Waals surface area (Å²) in [7, 11) is 2.13. The molecule has 94 valence electrons. The summed E-state index contributed by atoms with van der Waals surface area (Å²) in [5.41, 5.74) is 3.83. The molecule has 1 aliphatic rings. The third kappa shape index (κ3) is 2.06. The standard InChI is InChI=1S/C13H16N4S/c1-3-12-15-13(18-16-12)14-10-5-4-9-6-7-17(2)11(9)8-10/h4-5,8H,3,6-7H2,1-2H3,(H,14,15,16). The highest BCUT2D eigenvalue weighted by atomic mass is 32.1. The van der Waals surface area contributed by atoms with Gasteiger partial charge in [-0.2, -0.15) is 4.37 Å². The Bertz CT molecular complexity index is 564. The Hall–Kier alpha value is -1.62. The molecule has 0 radical (unpaired) electrons. The lowest BCUT2D eigenvalue weighted by Gasteiger charge is -2.13. The fourth-order valence-electron chi connectivity index (χ4n) is 2.19. The number of hydrogen-bond acceptors (Lipinski definition) is 5. The topological polar surface area (TPSA) is 41.1 Å². The van der Waals surface area contributed by atoms with Crippen LogP contribution >= 0.6 is 11.5 Å². The Kier molecular flexibility index (Phi) is 2.91. The van der Waals surface area contributed by atoms with Crippen molar-refractivity contribution in [3.63, 3.8) is 0 Å². The van der Waals surface area contributed by atoms with E-state index >= 15 is 0 Å². The number of rotatable bonds is 3. The van der Waals surface area contributed by atoms with Gasteiger partial charge in [-0.05, 0) is 24.1 Å². The summed E-state index contributed by atoms with van der Waals surface area (Å²) < 4.78 is 4.28. The fourth-order valence-corrected chi connectivity index (χ4v) is 2.86. The average molecular weight is 260 g/mol. The molecule has 0 spiro atoms. The van der Waals surface area contributed by atoms with Gasteiger partial charge in [0.1, 0.15) is 5.82 Å². The van der Waals surface area contributed by atoms with E-state index in [4.69, 9.17) is 0 Å². The molecule has 0 atom stereocenters. The molecule has 0 amide bonds. The maximum absolute atomic E-state index is 4.42. The van der Waals surface area contributed by atoms with E-state index in [0.717, 1.165) is 36.0 Å². The van der Waals surface area contributed by atoms with Gasteiger partial charge in [0.05, 0.1) is 0 Å². The maximum atomic E-state index is 4.42. The number of aromatic nitrogens is 2. The second kappa shape index (κ2) is 4.57. The Balaban J connectivity index is 1.83. The number of aryl methyl sites for hydroxylation is 1. The Labute approximate surface area is 111 Å². The van der Waals surface area contributed by atoms with Crippen molar-refractivity contribution in [3.05, 3.63) is 29.6 Å². The first kappa shape index (κ1) is 11.5. The van der Waals surface area contributed by atoms with Crippen molar-refractivity contribution >= 4 is 28.0 Å². The first-order valence-corrected chi connectivity index (χ1v) is 6.97. The number of anilines is 3. The summed E-state index contributed by atoms with van der Waals surface area (Å²) in [6, 6.07) is 6.50. The summed E-state index contributed by atoms with van der Waals surface area (Å²) in [5, 5.41) is 4.20. The first-order valence-electron chi connectivity index (χ1n) is 6.20. The SMILES string of the molecule is CCc1nsc(Nc2ccc3c(c2)N(C)CC3)n1. The van der Waals surface area contributed by atoms with E-state index in [1.54, 1.807) is 0 Å². The van der Waals surface area contributed by atoms with E-state index in [0.29, 0.717) is 0 Å². The van der Waals surface area contributed by atoms with Crippen LogP contribution in [0.5, 0.6) is 0 Å². The molecule has 0 unspecified atom stereocenters. The fraction of sp³-hybridized carbons (Fsp3) is 0.385. The highest BCUT2D eigenvalue weighted by Crippen LogP contribution is 2.30. The highest BCUT2D eigenvalue weighted by molar-refractivity contribution is 7.09. The van der Waals surface area contributed by atoms with Crippen LogP contribution in [0.15, 0.2) is 18.2 Å². The van der Waals surface area contributed by atoms with Crippen molar-refractivity contribution in [2.24, 2.45) is 0 Å². The van der Waals surface area contributed by atoms with Gasteiger partial charge >= 0.3 is 0 Å². The zero-order valence-corrected chi connectivity index (χ0v) is 11.4. The molecule has 2 heterocycles. The van der Waals surface area contributed by atoms with Crippen LogP contribution in [0.3, 0.4) is 0 Å². The van der Waals surface area contributed by atoms with Crippen LogP contribution in [0.1, 0.15) is 18.3 Å². The van der Waals surface area contributed by atoms with Crippen LogP contribution in [-0.2, 0) is 12.8 Å². The Morgan fingerprint density at radius 3 is 3.11 bits per heavy atom. The Morgan fingerprint density at radius 2 is 2.33 bits per heavy atom. The smallest absolute Gasteiger partial charge is 0.207 e. The van der Waals surface area contributed by atoms with Crippen LogP contribution in [0.4, 0.5) is 16.5 Å². The third-order valence-electron chi connectivity index (χ3n) is 3.25. The molecule has 2 aromatic rings. The molecule has 4 nitrogen and oxygen atoms in total. The predicted octanol–water partition coefficient (Wildman–Crippen LogP) is 2.84. The quantitative estimate of drug-likeness (QED) is 0.921. The van der Waals surface area contributed by atoms with Gasteiger partial charge in [0.2, 0.25) is 5.13 Å². The van der Waals surface area contributed by atoms with Gasteiger partial charge < -0.3 is 10.2 Å². The number of likely N-dealkylation sites (N-methyl/N-ethyl adjacent to an activating group) is 1. The summed E-state index contributed by atoms with van der Waals surface area (Å²) in [6.45, 7) is 3.17. The molecule has 0 saturated heterocycles. The summed E-state index contributed by atoms with van der Waals surface area (Å²) in [4.78, 5) is 6.71. The van der Waals surface area contributed by atoms with Crippen molar-refractivity contribution < 1.29 is 0 Å². The number of nitrogens with one attached hydrogen (secondary N) is 1. The molecule has 0 fully saturated rings. The predicted molar refractivity (Wildman–Crippen MR) is 76.0 cm³/mol. The van der Waals surface area contributed by atoms with E-state index < -0.39 is 0 Å². The van der Waals surface area contributed by atoms with Crippen LogP contribution in [0, 0.1) is 0 Å². The van der Waals surface area contributed by atoms with Gasteiger partial charge in [-0.25, -0.2) is 4.98 Å². The van der Waals surface area contributed by atoms with E-state index in [1.807, 2.05) is 0 Å². The molecule has 1 N–H and O–H groups in total. The zero-order chi connectivity index (χ0) is 12.5. The lowest BCUT2D eigenvalue weighted by Crippen LogP contribution is -2.12. The van der Waals surface area contributed by atoms with Crippen LogP contribution < -0.4 is 10.2 Å². The molecule has 3 rings (SSSR count). The number of nitrogens with zero attached hydrogens (tertiary/aromatic N) is 3. The van der Waals surface area contributed by atoms with Gasteiger partial charge in [-0.3, -0.25) is 0 Å². The number of fused-ring (bicyclic) bond motifs is 1. The first-order chi connectivity index (χ1) is 8.76. The summed E-state index contributed by atoms with van der Waals surface area (Å²) >= 11 is 1.42. The summed E-state index contributed by atoms with van der Waals surface area (Å²) in [5.74, 6) is 0.903. The van der Waals surface area contributed by atoms with Crippen molar-refractivity contribution in [1.29, 1.82) is 0 Å². The van der Waals surface area contributed by atoms with E-state index in [1.165, 1.54) is 22.8 Å². The second-order valence-electron chi connectivity index (χ2n) is 4.51. The molecule has 0 saturated carbocycles. The molecular weight excluding hydrogens is 244 g/mol. The summed E-state index contributed by atoms with van der Waals surface area (Å²) in [6.07, 6.45) is 2.02. The third-order valence-corrected chi connectivity index (χ3v) is 3.92. The van der Waals surface area contributed by atoms with Crippen molar-refractivity contribution in [3.8, 4) is 0 Å². The molecule has 0 aliphatic carbocycles. The van der Waals surface area contributed by atoms with Gasteiger partial charge in [-0.1, -0.05) is 13.0 Å². The van der Waals surface area contributed by atoms with Gasteiger partial charge in [0.25, 0.3) is 0 Å². The van der Waals surface area contributed by atoms with Crippen LogP contribution in [-0.4, -0.2) is 22.9 Å². The van der Waals surface area contributed by atoms with Crippen molar-refractivity contribution in [2.45, 2.75) is 19.8 Å². The minimum Gasteiger partial charge on any atom is -0.374 e. The molecule has 0 bridgehead atoms. The van der Waals surface area contributed by atoms with Crippen molar-refractivity contribution in [1.82, 2.24) is 9.36 Å². The molecule has 1 aliphatic heterocycles. The van der Waals surface area contributed by atoms with E-state index in [9.17, 15) is 0 Å². The molecule has 1 aromatic heterocycles. The van der Waals surface area contributed by atoms with Crippen molar-refractivity contribution in [2.75, 3.05) is 23.8 Å². The number of benzene rings is 1. The van der Waals surface area contributed by atoms with Crippen LogP contribution in [0.2, 0.25) is 0 Å². The largest absolute Gasteiger partial charge is 0.374 e. The molecule has 1 aromatic carbocycles. The van der Waals surface area contributed by atoms with Crippen LogP contribution in [0.25, 0.3) is 0 Å². The maximum Gasteiger partial charge on any atom is 0.207 e. The zero-order valence-electron chi connectivity index (χ0n) is 10.6. The van der Waals surface area contributed by atoms with E-state index in [2.05, 4.69) is 51.7 Å². The molecular formula is C13H16N4S. The Morgan fingerprint density at radius 1 is 1.44 bits per heavy atom. The second-order valence-corrected chi connectivity index (χ2v) is 5.26.